The molecule has 0 radical (unpaired) electrons. The molecule has 0 N–H and O–H groups in total. The lowest BCUT2D eigenvalue weighted by Crippen LogP contribution is -2.37. The Kier molecular flexibility index (Phi) is 10.4. The second-order valence-electron chi connectivity index (χ2n) is 9.92. The van der Waals surface area contributed by atoms with Gasteiger partial charge in [-0.2, -0.15) is 4.31 Å². The number of hydrogen-bond donors (Lipinski definition) is 0. The summed E-state index contributed by atoms with van der Waals surface area (Å²) in [6.07, 6.45) is -0.262. The Bertz CT molecular complexity index is 2100. The van der Waals surface area contributed by atoms with E-state index < -0.39 is 85.4 Å². The molecule has 0 saturated heterocycles. The van der Waals surface area contributed by atoms with Crippen molar-refractivity contribution in [1.29, 1.82) is 0 Å². The fourth-order valence-corrected chi connectivity index (χ4v) is 7.91. The summed E-state index contributed by atoms with van der Waals surface area (Å²) in [5.74, 6) is 0. The van der Waals surface area contributed by atoms with Crippen LogP contribution in [0.15, 0.2) is 107 Å². The molecule has 0 unspecified atom stereocenters. The number of sulfonamides is 2. The number of rotatable bonds is 15. The van der Waals surface area contributed by atoms with Crippen LogP contribution in [-0.2, 0) is 26.6 Å². The number of para-hydroxylation sites is 1. The fourth-order valence-electron chi connectivity index (χ4n) is 4.66. The van der Waals surface area contributed by atoms with Gasteiger partial charge in [0.2, 0.25) is 10.0 Å². The second-order valence-corrected chi connectivity index (χ2v) is 13.7. The van der Waals surface area contributed by atoms with Gasteiger partial charge in [0.25, 0.3) is 32.8 Å². The van der Waals surface area contributed by atoms with Gasteiger partial charge < -0.3 is 0 Å². The zero-order valence-electron chi connectivity index (χ0n) is 24.5. The minimum Gasteiger partial charge on any atom is -0.266 e. The number of hydrogen-bond acceptors (Lipinski definition) is 12. The van der Waals surface area contributed by atoms with E-state index in [1.54, 1.807) is 36.4 Å². The number of non-ortho nitro benzene ring substituents is 2. The van der Waals surface area contributed by atoms with Gasteiger partial charge in [-0.05, 0) is 36.2 Å². The Morgan fingerprint density at radius 1 is 0.542 bits per heavy atom. The molecule has 250 valence electrons. The van der Waals surface area contributed by atoms with Gasteiger partial charge in [0, 0.05) is 31.8 Å². The molecule has 4 aromatic rings. The zero-order valence-corrected chi connectivity index (χ0v) is 26.1. The maximum Gasteiger partial charge on any atom is 0.296 e. The van der Waals surface area contributed by atoms with Gasteiger partial charge in [0.1, 0.15) is 0 Å². The molecule has 0 aliphatic rings. The van der Waals surface area contributed by atoms with Gasteiger partial charge >= 0.3 is 0 Å². The van der Waals surface area contributed by atoms with Crippen LogP contribution in [0.4, 0.5) is 28.4 Å². The van der Waals surface area contributed by atoms with Crippen molar-refractivity contribution >= 4 is 48.5 Å². The van der Waals surface area contributed by atoms with Crippen LogP contribution in [-0.4, -0.2) is 53.9 Å². The van der Waals surface area contributed by atoms with Crippen molar-refractivity contribution in [2.75, 3.05) is 17.4 Å². The number of anilines is 1. The molecule has 0 amide bonds. The molecule has 4 rings (SSSR count). The Hall–Kier alpha value is -5.86. The van der Waals surface area contributed by atoms with Crippen molar-refractivity contribution < 1.29 is 36.5 Å². The van der Waals surface area contributed by atoms with Gasteiger partial charge in [-0.3, -0.25) is 44.8 Å². The summed E-state index contributed by atoms with van der Waals surface area (Å²) < 4.78 is 57.3. The molecule has 0 bridgehead atoms. The molecule has 0 atom stereocenters. The molecule has 20 heteroatoms. The second kappa shape index (κ2) is 14.3. The minimum absolute atomic E-state index is 0.0358. The molecule has 0 aliphatic heterocycles. The molecule has 0 fully saturated rings. The molecule has 4 aromatic carbocycles. The summed E-state index contributed by atoms with van der Waals surface area (Å²) in [5.41, 5.74) is -3.02. The molecule has 18 nitrogen and oxygen atoms in total. The highest BCUT2D eigenvalue weighted by Crippen LogP contribution is 2.34. The van der Waals surface area contributed by atoms with E-state index in [2.05, 4.69) is 0 Å². The minimum atomic E-state index is -4.80. The predicted octanol–water partition coefficient (Wildman–Crippen LogP) is 4.80. The first kappa shape index (κ1) is 35.0. The fraction of sp³-hybridized carbons (Fsp3) is 0.143. The highest BCUT2D eigenvalue weighted by molar-refractivity contribution is 7.93. The summed E-state index contributed by atoms with van der Waals surface area (Å²) >= 11 is 0. The highest BCUT2D eigenvalue weighted by Gasteiger charge is 2.36. The third-order valence-electron chi connectivity index (χ3n) is 6.90. The first-order chi connectivity index (χ1) is 22.6. The van der Waals surface area contributed by atoms with Gasteiger partial charge in [-0.1, -0.05) is 48.5 Å². The van der Waals surface area contributed by atoms with E-state index in [1.165, 1.54) is 24.3 Å². The molecule has 48 heavy (non-hydrogen) atoms. The molecular formula is C28H24N6O12S2. The van der Waals surface area contributed by atoms with Crippen LogP contribution < -0.4 is 4.31 Å². The van der Waals surface area contributed by atoms with E-state index in [4.69, 9.17) is 0 Å². The van der Waals surface area contributed by atoms with Crippen LogP contribution in [0.1, 0.15) is 12.0 Å². The van der Waals surface area contributed by atoms with E-state index in [0.717, 1.165) is 32.9 Å². The predicted molar refractivity (Wildman–Crippen MR) is 169 cm³/mol. The van der Waals surface area contributed by atoms with Crippen LogP contribution >= 0.6 is 0 Å². The van der Waals surface area contributed by atoms with Crippen molar-refractivity contribution in [3.63, 3.8) is 0 Å². The van der Waals surface area contributed by atoms with E-state index in [9.17, 15) is 57.3 Å². The van der Waals surface area contributed by atoms with Gasteiger partial charge in [-0.15, -0.1) is 0 Å². The van der Waals surface area contributed by atoms with Crippen LogP contribution in [0.5, 0.6) is 0 Å². The summed E-state index contributed by atoms with van der Waals surface area (Å²) in [6, 6.07) is 19.5. The van der Waals surface area contributed by atoms with Crippen molar-refractivity contribution in [2.45, 2.75) is 22.8 Å². The van der Waals surface area contributed by atoms with Gasteiger partial charge in [0.15, 0.2) is 9.79 Å². The summed E-state index contributed by atoms with van der Waals surface area (Å²) in [6.45, 7) is -1.24. The topological polar surface area (TPSA) is 247 Å². The van der Waals surface area contributed by atoms with E-state index in [-0.39, 0.29) is 18.7 Å². The van der Waals surface area contributed by atoms with Crippen molar-refractivity contribution in [3.8, 4) is 0 Å². The molecule has 0 aliphatic carbocycles. The Morgan fingerprint density at radius 2 is 1.00 bits per heavy atom. The number of nitro benzene ring substituents is 4. The quantitative estimate of drug-likeness (QED) is 0.120. The van der Waals surface area contributed by atoms with Crippen LogP contribution in [0.2, 0.25) is 0 Å². The van der Waals surface area contributed by atoms with Gasteiger partial charge in [0.05, 0.1) is 37.5 Å². The lowest BCUT2D eigenvalue weighted by Gasteiger charge is -2.27. The molecule has 0 spiro atoms. The van der Waals surface area contributed by atoms with Gasteiger partial charge in [-0.25, -0.2) is 16.8 Å². The van der Waals surface area contributed by atoms with E-state index in [1.807, 2.05) is 0 Å². The van der Waals surface area contributed by atoms with Crippen molar-refractivity contribution in [3.05, 3.63) is 143 Å². The maximum absolute atomic E-state index is 13.9. The van der Waals surface area contributed by atoms with Crippen molar-refractivity contribution in [2.24, 2.45) is 0 Å². The Balaban J connectivity index is 1.75. The van der Waals surface area contributed by atoms with Crippen molar-refractivity contribution in [1.82, 2.24) is 4.31 Å². The third-order valence-corrected chi connectivity index (χ3v) is 10.7. The smallest absolute Gasteiger partial charge is 0.266 e. The first-order valence-electron chi connectivity index (χ1n) is 13.6. The average Bonchev–Trinajstić information content (AvgIpc) is 3.06. The number of nitrogens with zero attached hydrogens (tertiary/aromatic N) is 6. The molecule has 0 aromatic heterocycles. The monoisotopic (exact) mass is 700 g/mol. The lowest BCUT2D eigenvalue weighted by atomic mass is 10.2. The lowest BCUT2D eigenvalue weighted by molar-refractivity contribution is -0.396. The van der Waals surface area contributed by atoms with Crippen LogP contribution in [0.25, 0.3) is 0 Å². The van der Waals surface area contributed by atoms with E-state index in [0.29, 0.717) is 17.7 Å². The third kappa shape index (κ3) is 7.57. The number of nitro groups is 4. The average molecular weight is 701 g/mol. The largest absolute Gasteiger partial charge is 0.296 e. The maximum atomic E-state index is 13.9. The molecule has 0 saturated carbocycles. The molecular weight excluding hydrogens is 676 g/mol. The molecule has 0 heterocycles. The summed E-state index contributed by atoms with van der Waals surface area (Å²) in [5, 5.41) is 46.0. The first-order valence-corrected chi connectivity index (χ1v) is 16.5. The normalized spacial score (nSPS) is 11.6. The SMILES string of the molecule is O=[N+]([O-])c1ccc(S(=O)(=O)N(CCCN(c2ccccc2)S(=O)(=O)c2ccc([N+](=O)[O-])cc2[N+](=O)[O-])Cc2ccccc2)c([N+](=O)[O-])c1. The summed E-state index contributed by atoms with van der Waals surface area (Å²) in [4.78, 5) is 40.4. The Morgan fingerprint density at radius 3 is 1.46 bits per heavy atom. The van der Waals surface area contributed by atoms with E-state index >= 15 is 0 Å². The Labute approximate surface area is 272 Å². The standard InChI is InChI=1S/C28H24N6O12S2/c35-31(36)23-12-14-27(25(18-23)33(39)40)47(43,44)29(20-21-8-3-1-4-9-21)16-7-17-30(22-10-5-2-6-11-22)48(45,46)28-15-13-24(32(37)38)19-26(28)34(41)42/h1-6,8-15,18-19H,7,16-17,20H2. The number of benzene rings is 4. The zero-order chi connectivity index (χ0) is 35.2. The van der Waals surface area contributed by atoms with Crippen LogP contribution in [0.3, 0.4) is 0 Å². The van der Waals surface area contributed by atoms with Crippen LogP contribution in [0, 0.1) is 40.5 Å². The summed E-state index contributed by atoms with van der Waals surface area (Å²) in [7, 11) is -9.55. The highest BCUT2D eigenvalue weighted by atomic mass is 32.2.